The summed E-state index contributed by atoms with van der Waals surface area (Å²) in [4.78, 5) is 12.2. The molecule has 0 unspecified atom stereocenters. The summed E-state index contributed by atoms with van der Waals surface area (Å²) < 4.78 is 0. The number of amides is 1. The third-order valence-electron chi connectivity index (χ3n) is 4.02. The van der Waals surface area contributed by atoms with Crippen LogP contribution in [0.15, 0.2) is 18.2 Å². The molecule has 0 aromatic heterocycles. The highest BCUT2D eigenvalue weighted by Gasteiger charge is 2.42. The monoisotopic (exact) mass is 277 g/mol. The van der Waals surface area contributed by atoms with Crippen LogP contribution < -0.4 is 5.32 Å². The Hall–Kier alpha value is -0.960. The van der Waals surface area contributed by atoms with Crippen LogP contribution in [-0.4, -0.2) is 11.7 Å². The zero-order valence-corrected chi connectivity index (χ0v) is 12.9. The van der Waals surface area contributed by atoms with Gasteiger partial charge in [-0.1, -0.05) is 32.0 Å². The quantitative estimate of drug-likeness (QED) is 0.778. The van der Waals surface area contributed by atoms with E-state index < -0.39 is 0 Å². The molecule has 0 aliphatic heterocycles. The number of carbonyl (C=O) groups is 1. The molecule has 19 heavy (non-hydrogen) atoms. The Balaban J connectivity index is 2.12. The van der Waals surface area contributed by atoms with Crippen molar-refractivity contribution in [3.8, 4) is 0 Å². The van der Waals surface area contributed by atoms with Crippen molar-refractivity contribution in [1.82, 2.24) is 0 Å². The average Bonchev–Trinajstić information content (AvgIpc) is 3.11. The number of benzene rings is 1. The Morgan fingerprint density at radius 3 is 2.63 bits per heavy atom. The number of aryl methyl sites for hydroxylation is 1. The standard InChI is InChI=1S/C16H23NOS/c1-11(2)13-6-4-5-12(3)15(13)17-14(18)9-16(10-19)7-8-16/h4-6,11,19H,7-10H2,1-3H3,(H,17,18). The van der Waals surface area contributed by atoms with Gasteiger partial charge in [0.2, 0.25) is 5.91 Å². The maximum absolute atomic E-state index is 12.2. The minimum absolute atomic E-state index is 0.128. The molecule has 1 N–H and O–H groups in total. The molecule has 0 atom stereocenters. The molecule has 0 bridgehead atoms. The van der Waals surface area contributed by atoms with Gasteiger partial charge in [-0.25, -0.2) is 0 Å². The van der Waals surface area contributed by atoms with Crippen LogP contribution in [0.5, 0.6) is 0 Å². The number of nitrogens with one attached hydrogen (secondary N) is 1. The molecule has 1 amide bonds. The second-order valence-corrected chi connectivity index (χ2v) is 6.39. The van der Waals surface area contributed by atoms with Crippen LogP contribution in [0.3, 0.4) is 0 Å². The van der Waals surface area contributed by atoms with Crippen LogP contribution in [-0.2, 0) is 4.79 Å². The summed E-state index contributed by atoms with van der Waals surface area (Å²) in [5, 5.41) is 3.12. The fraction of sp³-hybridized carbons (Fsp3) is 0.562. The molecule has 1 fully saturated rings. The van der Waals surface area contributed by atoms with Crippen molar-refractivity contribution in [1.29, 1.82) is 0 Å². The Kier molecular flexibility index (Phi) is 4.24. The van der Waals surface area contributed by atoms with Gasteiger partial charge in [-0.15, -0.1) is 0 Å². The summed E-state index contributed by atoms with van der Waals surface area (Å²) in [5.41, 5.74) is 3.52. The van der Waals surface area contributed by atoms with E-state index in [0.717, 1.165) is 29.8 Å². The fourth-order valence-electron chi connectivity index (χ4n) is 2.43. The van der Waals surface area contributed by atoms with E-state index in [1.807, 2.05) is 13.0 Å². The number of carbonyl (C=O) groups excluding carboxylic acids is 1. The largest absolute Gasteiger partial charge is 0.326 e. The van der Waals surface area contributed by atoms with Crippen molar-refractivity contribution in [3.63, 3.8) is 0 Å². The van der Waals surface area contributed by atoms with Crippen molar-refractivity contribution >= 4 is 24.2 Å². The highest BCUT2D eigenvalue weighted by Crippen LogP contribution is 2.49. The molecule has 1 aliphatic rings. The van der Waals surface area contributed by atoms with E-state index >= 15 is 0 Å². The summed E-state index contributed by atoms with van der Waals surface area (Å²) in [5.74, 6) is 1.35. The Labute approximate surface area is 121 Å². The van der Waals surface area contributed by atoms with E-state index in [0.29, 0.717) is 12.3 Å². The molecule has 3 heteroatoms. The van der Waals surface area contributed by atoms with Crippen molar-refractivity contribution in [2.24, 2.45) is 5.41 Å². The van der Waals surface area contributed by atoms with E-state index in [2.05, 4.69) is 43.9 Å². The van der Waals surface area contributed by atoms with E-state index in [1.165, 1.54) is 5.56 Å². The summed E-state index contributed by atoms with van der Waals surface area (Å²) >= 11 is 4.36. The topological polar surface area (TPSA) is 29.1 Å². The normalized spacial score (nSPS) is 16.5. The summed E-state index contributed by atoms with van der Waals surface area (Å²) in [6.45, 7) is 6.36. The van der Waals surface area contributed by atoms with Gasteiger partial charge in [0.25, 0.3) is 0 Å². The van der Waals surface area contributed by atoms with Gasteiger partial charge in [0, 0.05) is 12.1 Å². The highest BCUT2D eigenvalue weighted by molar-refractivity contribution is 7.80. The first-order valence-corrected chi connectivity index (χ1v) is 7.61. The van der Waals surface area contributed by atoms with Crippen LogP contribution in [0, 0.1) is 12.3 Å². The molecule has 2 nitrogen and oxygen atoms in total. The van der Waals surface area contributed by atoms with Crippen molar-refractivity contribution in [2.45, 2.75) is 46.0 Å². The number of rotatable bonds is 5. The predicted molar refractivity (Wildman–Crippen MR) is 84.0 cm³/mol. The minimum atomic E-state index is 0.128. The molecule has 0 heterocycles. The molecule has 0 spiro atoms. The summed E-state index contributed by atoms with van der Waals surface area (Å²) in [6, 6.07) is 6.20. The van der Waals surface area contributed by atoms with Crippen molar-refractivity contribution < 1.29 is 4.79 Å². The molecular weight excluding hydrogens is 254 g/mol. The Bertz CT molecular complexity index is 478. The second-order valence-electron chi connectivity index (χ2n) is 6.08. The van der Waals surface area contributed by atoms with Gasteiger partial charge >= 0.3 is 0 Å². The molecule has 1 aromatic rings. The molecule has 0 radical (unpaired) electrons. The third-order valence-corrected chi connectivity index (χ3v) is 4.69. The first-order chi connectivity index (χ1) is 8.97. The molecule has 1 saturated carbocycles. The highest BCUT2D eigenvalue weighted by atomic mass is 32.1. The molecule has 1 aliphatic carbocycles. The van der Waals surface area contributed by atoms with E-state index in [4.69, 9.17) is 0 Å². The van der Waals surface area contributed by atoms with E-state index in [1.54, 1.807) is 0 Å². The molecule has 104 valence electrons. The van der Waals surface area contributed by atoms with Crippen LogP contribution in [0.4, 0.5) is 5.69 Å². The van der Waals surface area contributed by atoms with Gasteiger partial charge in [0.1, 0.15) is 0 Å². The van der Waals surface area contributed by atoms with E-state index in [-0.39, 0.29) is 11.3 Å². The van der Waals surface area contributed by atoms with Gasteiger partial charge in [-0.3, -0.25) is 4.79 Å². The molecule has 0 saturated heterocycles. The molecular formula is C16H23NOS. The number of thiol groups is 1. The van der Waals surface area contributed by atoms with Crippen LogP contribution in [0.1, 0.15) is 50.2 Å². The van der Waals surface area contributed by atoms with Gasteiger partial charge in [-0.05, 0) is 48.0 Å². The lowest BCUT2D eigenvalue weighted by Gasteiger charge is -2.18. The van der Waals surface area contributed by atoms with Crippen LogP contribution in [0.2, 0.25) is 0 Å². The summed E-state index contributed by atoms with van der Waals surface area (Å²) in [7, 11) is 0. The lowest BCUT2D eigenvalue weighted by Crippen LogP contribution is -2.19. The zero-order chi connectivity index (χ0) is 14.0. The van der Waals surface area contributed by atoms with Crippen molar-refractivity contribution in [3.05, 3.63) is 29.3 Å². The SMILES string of the molecule is Cc1cccc(C(C)C)c1NC(=O)CC1(CS)CC1. The molecule has 2 rings (SSSR count). The number of para-hydroxylation sites is 1. The van der Waals surface area contributed by atoms with Crippen molar-refractivity contribution in [2.75, 3.05) is 11.1 Å². The minimum Gasteiger partial charge on any atom is -0.326 e. The first kappa shape index (κ1) is 14.4. The molecule has 1 aromatic carbocycles. The zero-order valence-electron chi connectivity index (χ0n) is 12.0. The Morgan fingerprint density at radius 2 is 2.11 bits per heavy atom. The van der Waals surface area contributed by atoms with Crippen LogP contribution >= 0.6 is 12.6 Å². The lowest BCUT2D eigenvalue weighted by atomic mass is 9.97. The maximum Gasteiger partial charge on any atom is 0.224 e. The smallest absolute Gasteiger partial charge is 0.224 e. The Morgan fingerprint density at radius 1 is 1.42 bits per heavy atom. The van der Waals surface area contributed by atoms with Gasteiger partial charge < -0.3 is 5.32 Å². The average molecular weight is 277 g/mol. The summed E-state index contributed by atoms with van der Waals surface area (Å²) in [6.07, 6.45) is 2.87. The second kappa shape index (κ2) is 5.58. The fourth-order valence-corrected chi connectivity index (χ4v) is 2.86. The maximum atomic E-state index is 12.2. The van der Waals surface area contributed by atoms with Gasteiger partial charge in [0.05, 0.1) is 0 Å². The number of anilines is 1. The third kappa shape index (κ3) is 3.33. The number of hydrogen-bond donors (Lipinski definition) is 2. The van der Waals surface area contributed by atoms with Gasteiger partial charge in [0.15, 0.2) is 0 Å². The lowest BCUT2D eigenvalue weighted by molar-refractivity contribution is -0.117. The predicted octanol–water partition coefficient (Wildman–Crippen LogP) is 4.16. The number of hydrogen-bond acceptors (Lipinski definition) is 2. The van der Waals surface area contributed by atoms with E-state index in [9.17, 15) is 4.79 Å². The van der Waals surface area contributed by atoms with Crippen LogP contribution in [0.25, 0.3) is 0 Å². The van der Waals surface area contributed by atoms with Gasteiger partial charge in [-0.2, -0.15) is 12.6 Å². The first-order valence-electron chi connectivity index (χ1n) is 6.98.